The van der Waals surface area contributed by atoms with Crippen molar-refractivity contribution in [3.63, 3.8) is 0 Å². The van der Waals surface area contributed by atoms with Gasteiger partial charge in [0.2, 0.25) is 0 Å². The van der Waals surface area contributed by atoms with Gasteiger partial charge in [-0.15, -0.1) is 0 Å². The first-order chi connectivity index (χ1) is 61.3. The SMILES string of the molecule is COc1ccc2c(C3C=C4[C@@](C)(CC[C@@]5(C)[C@@H]6C[C@](C)(C(=O)O)CC[C@]6(C)CC[C@]45C)c4cc(O)c(O)c(C)c43)c[nH]c2c1.Cc1c(O)c(O)cc2c1C(c1c[nH]c3ccc(C=O)cc13)C=C1[C@@]2(C)CC[C@@]2(C)[C@@H]3C[C@](C)(C(=O)O)CC[C@]3(C)CC[C@]12C.Cc1c(O)c(O)cc2c1[C@H](c1cn(C)c3ccccc13)C=C1[C@@]2(C)CC[C@@]2(C)[C@@H]3C[C@](C)(C(=O)O)CC[C@]3(C)CC[C@]12C. The van der Waals surface area contributed by atoms with Crippen LogP contribution >= 0.6 is 0 Å². The van der Waals surface area contributed by atoms with Crippen LogP contribution in [0.4, 0.5) is 0 Å². The average Bonchev–Trinajstić information content (AvgIpc) is 1.08. The molecular weight excluding hydrogens is 1640 g/mol. The molecule has 21 atom stereocenters. The van der Waals surface area contributed by atoms with Gasteiger partial charge in [-0.3, -0.25) is 19.2 Å². The molecule has 2 unspecified atom stereocenters. The van der Waals surface area contributed by atoms with Gasteiger partial charge in [0.05, 0.1) is 23.4 Å². The van der Waals surface area contributed by atoms with Gasteiger partial charge in [0.1, 0.15) is 12.0 Å². The maximum absolute atomic E-state index is 12.6. The van der Waals surface area contributed by atoms with Gasteiger partial charge in [0.25, 0.3) is 0 Å². The molecule has 694 valence electrons. The van der Waals surface area contributed by atoms with Crippen LogP contribution in [0.2, 0.25) is 0 Å². The Morgan fingerprint density at radius 2 is 0.763 bits per heavy atom. The number of nitrogens with zero attached hydrogens (tertiary/aromatic N) is 1. The number of aromatic nitrogens is 3. The summed E-state index contributed by atoms with van der Waals surface area (Å²) >= 11 is 0. The van der Waals surface area contributed by atoms with E-state index in [4.69, 9.17) is 4.74 Å². The minimum atomic E-state index is -0.719. The summed E-state index contributed by atoms with van der Waals surface area (Å²) in [4.78, 5) is 56.3. The molecule has 17 nitrogen and oxygen atoms in total. The van der Waals surface area contributed by atoms with Crippen LogP contribution in [-0.4, -0.2) is 91.8 Å². The quantitative estimate of drug-likeness (QED) is 0.0383. The first-order valence-corrected chi connectivity index (χ1v) is 48.6. The van der Waals surface area contributed by atoms with Crippen molar-refractivity contribution < 1.29 is 69.9 Å². The summed E-state index contributed by atoms with van der Waals surface area (Å²) in [5.41, 5.74) is 16.6. The van der Waals surface area contributed by atoms with Gasteiger partial charge in [-0.2, -0.15) is 0 Å². The van der Waals surface area contributed by atoms with E-state index in [1.165, 1.54) is 33.2 Å². The number of hydrogen-bond acceptors (Lipinski definition) is 11. The number of methoxy groups -OCH3 is 1. The van der Waals surface area contributed by atoms with Crippen molar-refractivity contribution >= 4 is 56.9 Å². The molecule has 9 aromatic rings. The number of para-hydroxylation sites is 1. The Hall–Kier alpha value is -10.2. The number of rotatable bonds is 8. The molecule has 3 aromatic heterocycles. The molecule has 11 N–H and O–H groups in total. The summed E-state index contributed by atoms with van der Waals surface area (Å²) < 4.78 is 7.69. The van der Waals surface area contributed by atoms with E-state index in [1.807, 2.05) is 90.2 Å². The van der Waals surface area contributed by atoms with Crippen molar-refractivity contribution in [2.45, 2.75) is 293 Å². The van der Waals surface area contributed by atoms with Crippen LogP contribution in [0.5, 0.6) is 40.2 Å². The maximum atomic E-state index is 12.6. The zero-order valence-corrected chi connectivity index (χ0v) is 80.9. The Bertz CT molecular complexity index is 6490. The Morgan fingerprint density at radius 3 is 1.14 bits per heavy atom. The van der Waals surface area contributed by atoms with Crippen molar-refractivity contribution in [1.82, 2.24) is 14.5 Å². The standard InChI is InChI=1S/C38H47NO5.C38H45NO5.C38H47NO4/c1-21-31-24(25-20-39-27-16-22(44-7)8-9-23(25)27)17-29-36(4,26(31)18-28(40)32(21)41)13-15-38(6)30-19-35(3,33(42)43)11-10-34(30,2)12-14-37(29,38)5;1-21-31-24(25-19-39-27-8-7-22(20-40)15-23(25)27)16-29-36(4,26(31)17-28(41)32(21)42)12-14-38(6)30-18-35(3,33(43)44)10-9-34(30,2)11-13-37(29,38)5;1-22-31-24(25-21-39(7)27-11-9-8-10-23(25)27)18-29-36(4,26(31)19-28(40)32(22)41)15-17-38(6)30-20-35(3,33(42)43)13-12-34(30,2)14-16-37(29,38)5/h8-9,16-18,20,24,30,39-41H,10-15,19H2,1-7H3,(H,42,43);7-8,15-17,19-20,24,30,39,41-42H,9-14,18H2,1-6H3,(H,43,44);8-11,18-19,21,24,30,40-41H,12-17,20H2,1-7H3,(H,42,43)/t2*24?,30-,34-,35-,36+,37-,38+;24-,30+,34+,35+,36-,37+,38-/m110/s1. The van der Waals surface area contributed by atoms with E-state index >= 15 is 0 Å². The fraction of sp³-hybridized carbons (Fsp3) is 0.544. The lowest BCUT2D eigenvalue weighted by molar-refractivity contribution is -0.177. The lowest BCUT2D eigenvalue weighted by Gasteiger charge is -2.70. The third-order valence-corrected chi connectivity index (χ3v) is 41.6. The van der Waals surface area contributed by atoms with Gasteiger partial charge in [0.15, 0.2) is 34.5 Å². The number of aliphatic carboxylic acids is 3. The minimum Gasteiger partial charge on any atom is -0.504 e. The van der Waals surface area contributed by atoms with Gasteiger partial charge in [0, 0.05) is 104 Å². The number of aromatic hydroxyl groups is 6. The molecule has 0 bridgehead atoms. The minimum absolute atomic E-state index is 0.0279. The second kappa shape index (κ2) is 29.2. The number of benzene rings is 6. The largest absolute Gasteiger partial charge is 0.504 e. The molecule has 17 heteroatoms. The number of carbonyl (C=O) groups is 4. The number of aryl methyl sites for hydroxylation is 1. The third-order valence-electron chi connectivity index (χ3n) is 41.6. The summed E-state index contributed by atoms with van der Waals surface area (Å²) in [6.45, 7) is 40.7. The van der Waals surface area contributed by atoms with Crippen molar-refractivity contribution in [3.05, 3.63) is 205 Å². The lowest BCUT2D eigenvalue weighted by atomic mass is 9.34. The Kier molecular flexibility index (Phi) is 20.1. The molecule has 21 rings (SSSR count). The summed E-state index contributed by atoms with van der Waals surface area (Å²) in [5, 5.41) is 100. The molecule has 0 amide bonds. The van der Waals surface area contributed by atoms with Crippen LogP contribution in [0.3, 0.4) is 0 Å². The number of hydrogen-bond donors (Lipinski definition) is 11. The van der Waals surface area contributed by atoms with Crippen molar-refractivity contribution in [3.8, 4) is 40.2 Å². The smallest absolute Gasteiger partial charge is 0.309 e. The maximum Gasteiger partial charge on any atom is 0.309 e. The van der Waals surface area contributed by atoms with Crippen LogP contribution in [0.1, 0.15) is 334 Å². The number of fused-ring (bicyclic) bond motifs is 24. The summed E-state index contributed by atoms with van der Waals surface area (Å²) in [6, 6.07) is 25.8. The molecule has 3 heterocycles. The van der Waals surface area contributed by atoms with E-state index in [0.29, 0.717) is 35.8 Å². The highest BCUT2D eigenvalue weighted by atomic mass is 16.5. The Labute approximate surface area is 772 Å². The number of carbonyl (C=O) groups excluding carboxylic acids is 1. The van der Waals surface area contributed by atoms with E-state index in [2.05, 4.69) is 166 Å². The highest BCUT2D eigenvalue weighted by Crippen LogP contribution is 2.80. The molecule has 9 saturated carbocycles. The van der Waals surface area contributed by atoms with Gasteiger partial charge in [-0.1, -0.05) is 136 Å². The normalized spacial score (nSPS) is 38.0. The predicted octanol–water partition coefficient (Wildman–Crippen LogP) is 26.0. The number of ether oxygens (including phenoxy) is 1. The van der Waals surface area contributed by atoms with Gasteiger partial charge >= 0.3 is 17.9 Å². The topological polar surface area (TPSA) is 296 Å². The molecular formula is C114H139N3O14. The Balaban J connectivity index is 0.000000127. The number of allylic oxidation sites excluding steroid dienone is 6. The second-order valence-electron chi connectivity index (χ2n) is 47.8. The zero-order valence-electron chi connectivity index (χ0n) is 80.9. The summed E-state index contributed by atoms with van der Waals surface area (Å²) in [6.07, 6.45) is 34.0. The number of phenols is 6. The fourth-order valence-electron chi connectivity index (χ4n) is 32.2. The van der Waals surface area contributed by atoms with Crippen LogP contribution in [0.25, 0.3) is 32.7 Å². The van der Waals surface area contributed by atoms with Gasteiger partial charge in [-0.05, 0) is 364 Å². The van der Waals surface area contributed by atoms with Crippen molar-refractivity contribution in [2.75, 3.05) is 7.11 Å². The molecule has 0 spiro atoms. The fourth-order valence-corrected chi connectivity index (χ4v) is 32.2. The number of aromatic amines is 2. The van der Waals surface area contributed by atoms with Gasteiger partial charge < -0.3 is 65.2 Å². The van der Waals surface area contributed by atoms with Crippen molar-refractivity contribution in [1.29, 1.82) is 0 Å². The summed E-state index contributed by atoms with van der Waals surface area (Å²) in [7, 11) is 3.77. The van der Waals surface area contributed by atoms with E-state index in [9.17, 15) is 65.1 Å². The number of carboxylic acids is 3. The van der Waals surface area contributed by atoms with Crippen LogP contribution < -0.4 is 4.74 Å². The number of nitrogens with one attached hydrogen (secondary N) is 2. The first kappa shape index (κ1) is 90.0. The first-order valence-electron chi connectivity index (χ1n) is 48.6. The van der Waals surface area contributed by atoms with E-state index in [1.54, 1.807) is 13.2 Å². The third kappa shape index (κ3) is 12.2. The van der Waals surface area contributed by atoms with Crippen LogP contribution in [0.15, 0.2) is 132 Å². The molecule has 12 aliphatic rings. The molecule has 0 radical (unpaired) electrons. The molecule has 0 aliphatic heterocycles. The highest BCUT2D eigenvalue weighted by Gasteiger charge is 2.72. The van der Waals surface area contributed by atoms with Crippen LogP contribution in [0, 0.1) is 104 Å². The molecule has 0 saturated heterocycles. The van der Waals surface area contributed by atoms with E-state index in [-0.39, 0.29) is 123 Å². The highest BCUT2D eigenvalue weighted by molar-refractivity contribution is 5.92. The number of H-pyrrole nitrogens is 2. The molecule has 6 aromatic carbocycles. The Morgan fingerprint density at radius 1 is 0.405 bits per heavy atom. The van der Waals surface area contributed by atoms with Crippen LogP contribution in [-0.2, 0) is 37.7 Å². The molecule has 131 heavy (non-hydrogen) atoms. The van der Waals surface area contributed by atoms with Gasteiger partial charge in [-0.25, -0.2) is 0 Å². The van der Waals surface area contributed by atoms with E-state index < -0.39 is 34.2 Å². The number of phenolic OH excluding ortho intramolecular Hbond substituents is 6. The summed E-state index contributed by atoms with van der Waals surface area (Å²) in [5.74, 6) is -1.08. The molecule has 9 fully saturated rings. The predicted molar refractivity (Wildman–Crippen MR) is 514 cm³/mol. The lowest BCUT2D eigenvalue weighted by Crippen LogP contribution is -2.62. The van der Waals surface area contributed by atoms with Crippen molar-refractivity contribution in [2.24, 2.45) is 89.8 Å². The number of carboxylic acid groups (broad SMARTS) is 3. The second-order valence-corrected chi connectivity index (χ2v) is 47.8. The number of aldehydes is 1. The molecule has 12 aliphatic carbocycles. The zero-order chi connectivity index (χ0) is 94.1. The van der Waals surface area contributed by atoms with E-state index in [0.717, 1.165) is 211 Å². The monoisotopic (exact) mass is 1770 g/mol. The average molecular weight is 1780 g/mol.